The van der Waals surface area contributed by atoms with E-state index in [1.807, 2.05) is 11.6 Å². The lowest BCUT2D eigenvalue weighted by atomic mass is 9.80. The van der Waals surface area contributed by atoms with E-state index in [9.17, 15) is 0 Å². The van der Waals surface area contributed by atoms with Gasteiger partial charge in [-0.05, 0) is 54.0 Å². The minimum Gasteiger partial charge on any atom is -0.383 e. The summed E-state index contributed by atoms with van der Waals surface area (Å²) in [6.07, 6.45) is 3.76. The van der Waals surface area contributed by atoms with Crippen LogP contribution in [-0.2, 0) is 0 Å². The van der Waals surface area contributed by atoms with Gasteiger partial charge in [-0.25, -0.2) is 4.68 Å². The molecule has 1 aliphatic rings. The van der Waals surface area contributed by atoms with E-state index in [0.717, 1.165) is 21.9 Å². The molecule has 0 saturated heterocycles. The van der Waals surface area contributed by atoms with Gasteiger partial charge in [-0.15, -0.1) is 0 Å². The smallest absolute Gasteiger partial charge is 0.136 e. The normalized spacial score (nSPS) is 30.6. The zero-order valence-electron chi connectivity index (χ0n) is 10.2. The molecule has 3 unspecified atom stereocenters. The first-order chi connectivity index (χ1) is 7.50. The summed E-state index contributed by atoms with van der Waals surface area (Å²) in [4.78, 5) is 0. The van der Waals surface area contributed by atoms with Crippen molar-refractivity contribution in [2.75, 3.05) is 5.73 Å². The Balaban J connectivity index is 2.27. The first-order valence-electron chi connectivity index (χ1n) is 6.00. The molecular formula is C12H20BrN3. The molecule has 1 aliphatic carbocycles. The molecule has 1 aromatic rings. The highest BCUT2D eigenvalue weighted by molar-refractivity contribution is 9.10. The molecule has 3 nitrogen and oxygen atoms in total. The fraction of sp³-hybridized carbons (Fsp3) is 0.750. The van der Waals surface area contributed by atoms with Crippen LogP contribution < -0.4 is 5.73 Å². The quantitative estimate of drug-likeness (QED) is 0.858. The first-order valence-corrected chi connectivity index (χ1v) is 6.80. The van der Waals surface area contributed by atoms with E-state index in [0.29, 0.717) is 12.0 Å². The van der Waals surface area contributed by atoms with E-state index >= 15 is 0 Å². The lowest BCUT2D eigenvalue weighted by Gasteiger charge is -2.33. The second kappa shape index (κ2) is 4.40. The summed E-state index contributed by atoms with van der Waals surface area (Å²) in [5.41, 5.74) is 7.07. The number of hydrogen-bond donors (Lipinski definition) is 1. The van der Waals surface area contributed by atoms with Gasteiger partial charge in [-0.3, -0.25) is 0 Å². The molecule has 0 aliphatic heterocycles. The molecule has 2 rings (SSSR count). The van der Waals surface area contributed by atoms with E-state index in [4.69, 9.17) is 5.73 Å². The Hall–Kier alpha value is -0.510. The van der Waals surface area contributed by atoms with Crippen LogP contribution in [0.25, 0.3) is 0 Å². The summed E-state index contributed by atoms with van der Waals surface area (Å²) in [6.45, 7) is 6.64. The van der Waals surface area contributed by atoms with Crippen LogP contribution in [0, 0.1) is 18.8 Å². The van der Waals surface area contributed by atoms with Gasteiger partial charge in [0.25, 0.3) is 0 Å². The Labute approximate surface area is 106 Å². The fourth-order valence-electron chi connectivity index (χ4n) is 2.81. The summed E-state index contributed by atoms with van der Waals surface area (Å²) >= 11 is 3.49. The molecule has 4 heteroatoms. The van der Waals surface area contributed by atoms with E-state index in [2.05, 4.69) is 34.9 Å². The zero-order chi connectivity index (χ0) is 11.9. The van der Waals surface area contributed by atoms with Gasteiger partial charge in [0.2, 0.25) is 0 Å². The summed E-state index contributed by atoms with van der Waals surface area (Å²) in [6, 6.07) is 0.473. The standard InChI is InChI=1S/C12H20BrN3/c1-7-4-5-10(8(2)6-7)16-12(14)11(13)9(3)15-16/h7-8,10H,4-6,14H2,1-3H3. The first kappa shape index (κ1) is 12.0. The van der Waals surface area contributed by atoms with E-state index in [1.165, 1.54) is 19.3 Å². The molecular weight excluding hydrogens is 266 g/mol. The van der Waals surface area contributed by atoms with Gasteiger partial charge in [-0.1, -0.05) is 13.8 Å². The topological polar surface area (TPSA) is 43.8 Å². The number of nitrogens with two attached hydrogens (primary N) is 1. The molecule has 2 N–H and O–H groups in total. The summed E-state index contributed by atoms with van der Waals surface area (Å²) in [5.74, 6) is 2.29. The second-order valence-corrected chi connectivity index (χ2v) is 5.99. The second-order valence-electron chi connectivity index (χ2n) is 5.19. The highest BCUT2D eigenvalue weighted by Crippen LogP contribution is 2.39. The third-order valence-electron chi connectivity index (χ3n) is 3.75. The maximum atomic E-state index is 6.08. The number of rotatable bonds is 1. The maximum absolute atomic E-state index is 6.08. The monoisotopic (exact) mass is 285 g/mol. The Morgan fingerprint density at radius 3 is 2.56 bits per heavy atom. The van der Waals surface area contributed by atoms with Crippen LogP contribution in [0.4, 0.5) is 5.82 Å². The molecule has 1 aromatic heterocycles. The van der Waals surface area contributed by atoms with Gasteiger partial charge in [0.15, 0.2) is 0 Å². The molecule has 1 saturated carbocycles. The predicted molar refractivity (Wildman–Crippen MR) is 70.3 cm³/mol. The summed E-state index contributed by atoms with van der Waals surface area (Å²) < 4.78 is 2.98. The Bertz CT molecular complexity index is 386. The highest BCUT2D eigenvalue weighted by atomic mass is 79.9. The van der Waals surface area contributed by atoms with Gasteiger partial charge in [0.1, 0.15) is 5.82 Å². The molecule has 0 amide bonds. The number of anilines is 1. The van der Waals surface area contributed by atoms with Crippen molar-refractivity contribution in [2.45, 2.75) is 46.1 Å². The van der Waals surface area contributed by atoms with Crippen molar-refractivity contribution in [2.24, 2.45) is 11.8 Å². The van der Waals surface area contributed by atoms with Crippen molar-refractivity contribution in [1.29, 1.82) is 0 Å². The molecule has 0 radical (unpaired) electrons. The largest absolute Gasteiger partial charge is 0.383 e. The molecule has 0 spiro atoms. The van der Waals surface area contributed by atoms with Gasteiger partial charge in [-0.2, -0.15) is 5.10 Å². The minimum absolute atomic E-state index is 0.473. The van der Waals surface area contributed by atoms with Crippen LogP contribution in [-0.4, -0.2) is 9.78 Å². The number of nitrogens with zero attached hydrogens (tertiary/aromatic N) is 2. The SMILES string of the molecule is Cc1nn(C2CCC(C)CC2C)c(N)c1Br. The number of aromatic nitrogens is 2. The Kier molecular flexibility index (Phi) is 3.29. The van der Waals surface area contributed by atoms with Crippen molar-refractivity contribution < 1.29 is 0 Å². The van der Waals surface area contributed by atoms with Crippen molar-refractivity contribution in [3.63, 3.8) is 0 Å². The van der Waals surface area contributed by atoms with Crippen molar-refractivity contribution in [3.8, 4) is 0 Å². The van der Waals surface area contributed by atoms with Gasteiger partial charge in [0, 0.05) is 0 Å². The average molecular weight is 286 g/mol. The summed E-state index contributed by atoms with van der Waals surface area (Å²) in [7, 11) is 0. The van der Waals surface area contributed by atoms with Crippen molar-refractivity contribution in [3.05, 3.63) is 10.2 Å². The van der Waals surface area contributed by atoms with E-state index in [-0.39, 0.29) is 0 Å². The third kappa shape index (κ3) is 1.99. The Morgan fingerprint density at radius 1 is 1.38 bits per heavy atom. The van der Waals surface area contributed by atoms with Crippen molar-refractivity contribution in [1.82, 2.24) is 9.78 Å². The molecule has 3 atom stereocenters. The minimum atomic E-state index is 0.473. The molecule has 0 bridgehead atoms. The third-order valence-corrected chi connectivity index (χ3v) is 4.73. The predicted octanol–water partition coefficient (Wildman–Crippen LogP) is 3.53. The van der Waals surface area contributed by atoms with Crippen molar-refractivity contribution >= 4 is 21.7 Å². The number of hydrogen-bond acceptors (Lipinski definition) is 2. The van der Waals surface area contributed by atoms with Crippen LogP contribution in [0.5, 0.6) is 0 Å². The van der Waals surface area contributed by atoms with Crippen LogP contribution in [0.3, 0.4) is 0 Å². The van der Waals surface area contributed by atoms with Gasteiger partial charge in [0.05, 0.1) is 16.2 Å². The van der Waals surface area contributed by atoms with Crippen LogP contribution in [0.1, 0.15) is 44.8 Å². The highest BCUT2D eigenvalue weighted by Gasteiger charge is 2.29. The number of nitrogen functional groups attached to an aromatic ring is 1. The lowest BCUT2D eigenvalue weighted by molar-refractivity contribution is 0.197. The maximum Gasteiger partial charge on any atom is 0.136 e. The van der Waals surface area contributed by atoms with Crippen LogP contribution in [0.15, 0.2) is 4.47 Å². The number of halogens is 1. The fourth-order valence-corrected chi connectivity index (χ4v) is 3.07. The van der Waals surface area contributed by atoms with Crippen LogP contribution >= 0.6 is 15.9 Å². The molecule has 16 heavy (non-hydrogen) atoms. The molecule has 1 fully saturated rings. The van der Waals surface area contributed by atoms with E-state index in [1.54, 1.807) is 0 Å². The lowest BCUT2D eigenvalue weighted by Crippen LogP contribution is -2.26. The van der Waals surface area contributed by atoms with Crippen LogP contribution in [0.2, 0.25) is 0 Å². The zero-order valence-corrected chi connectivity index (χ0v) is 11.8. The molecule has 1 heterocycles. The average Bonchev–Trinajstić information content (AvgIpc) is 2.46. The van der Waals surface area contributed by atoms with Gasteiger partial charge < -0.3 is 5.73 Å². The summed E-state index contributed by atoms with van der Waals surface area (Å²) in [5, 5.41) is 4.55. The Morgan fingerprint density at radius 2 is 2.06 bits per heavy atom. The molecule has 0 aromatic carbocycles. The van der Waals surface area contributed by atoms with Gasteiger partial charge >= 0.3 is 0 Å². The van der Waals surface area contributed by atoms with E-state index < -0.39 is 0 Å². The number of aryl methyl sites for hydroxylation is 1. The molecule has 90 valence electrons.